The second-order valence-electron chi connectivity index (χ2n) is 5.40. The van der Waals surface area contributed by atoms with Gasteiger partial charge in [-0.2, -0.15) is 0 Å². The van der Waals surface area contributed by atoms with Crippen LogP contribution in [0.25, 0.3) is 0 Å². The fourth-order valence-corrected chi connectivity index (χ4v) is 2.21. The van der Waals surface area contributed by atoms with E-state index in [1.165, 1.54) is 12.1 Å². The van der Waals surface area contributed by atoms with Crippen LogP contribution in [0, 0.1) is 0 Å². The minimum absolute atomic E-state index is 0.0791. The van der Waals surface area contributed by atoms with Crippen molar-refractivity contribution in [3.05, 3.63) is 23.8 Å². The third-order valence-corrected chi connectivity index (χ3v) is 3.24. The largest absolute Gasteiger partial charge is 0.491 e. The van der Waals surface area contributed by atoms with Crippen molar-refractivity contribution in [1.82, 2.24) is 0 Å². The van der Waals surface area contributed by atoms with Crippen molar-refractivity contribution in [3.8, 4) is 5.75 Å². The number of nitrogens with two attached hydrogens (primary N) is 1. The molecule has 2 rings (SSSR count). The van der Waals surface area contributed by atoms with Crippen LogP contribution in [0.1, 0.15) is 37.0 Å². The molecule has 1 atom stereocenters. The van der Waals surface area contributed by atoms with Gasteiger partial charge in [0.15, 0.2) is 0 Å². The molecule has 3 N–H and O–H groups in total. The molecule has 0 radical (unpaired) electrons. The standard InChI is InChI=1S/C14H19NO4/c1-14(2)6-5-10(19-14)8-18-9-3-4-11(13(16)17)12(15)7-9/h3-4,7,10H,5-6,8,15H2,1-2H3,(H,16,17). The van der Waals surface area contributed by atoms with E-state index in [0.29, 0.717) is 12.4 Å². The summed E-state index contributed by atoms with van der Waals surface area (Å²) in [4.78, 5) is 10.8. The molecule has 0 bridgehead atoms. The van der Waals surface area contributed by atoms with Gasteiger partial charge >= 0.3 is 5.97 Å². The molecule has 0 spiro atoms. The van der Waals surface area contributed by atoms with Crippen molar-refractivity contribution < 1.29 is 19.4 Å². The number of carboxylic acids is 1. The molecule has 0 saturated carbocycles. The van der Waals surface area contributed by atoms with Gasteiger partial charge in [0.25, 0.3) is 0 Å². The van der Waals surface area contributed by atoms with Gasteiger partial charge < -0.3 is 20.3 Å². The van der Waals surface area contributed by atoms with Gasteiger partial charge in [-0.25, -0.2) is 4.79 Å². The lowest BCUT2D eigenvalue weighted by molar-refractivity contribution is -0.0326. The summed E-state index contributed by atoms with van der Waals surface area (Å²) in [7, 11) is 0. The van der Waals surface area contributed by atoms with Crippen LogP contribution < -0.4 is 10.5 Å². The summed E-state index contributed by atoms with van der Waals surface area (Å²) >= 11 is 0. The lowest BCUT2D eigenvalue weighted by Crippen LogP contribution is -2.23. The summed E-state index contributed by atoms with van der Waals surface area (Å²) in [6, 6.07) is 4.59. The van der Waals surface area contributed by atoms with Crippen LogP contribution in [-0.4, -0.2) is 29.4 Å². The van der Waals surface area contributed by atoms with Gasteiger partial charge in [0.1, 0.15) is 12.4 Å². The Labute approximate surface area is 112 Å². The van der Waals surface area contributed by atoms with Crippen LogP contribution in [0.2, 0.25) is 0 Å². The van der Waals surface area contributed by atoms with E-state index in [0.717, 1.165) is 12.8 Å². The summed E-state index contributed by atoms with van der Waals surface area (Å²) in [6.07, 6.45) is 2.06. The molecule has 1 heterocycles. The maximum atomic E-state index is 10.8. The van der Waals surface area contributed by atoms with Crippen LogP contribution >= 0.6 is 0 Å². The molecule has 104 valence electrons. The summed E-state index contributed by atoms with van der Waals surface area (Å²) in [6.45, 7) is 4.58. The number of hydrogen-bond acceptors (Lipinski definition) is 4. The minimum atomic E-state index is -1.04. The molecule has 1 fully saturated rings. The molecular formula is C14H19NO4. The van der Waals surface area contributed by atoms with Crippen LogP contribution in [0.15, 0.2) is 18.2 Å². The Morgan fingerprint density at radius 2 is 2.32 bits per heavy atom. The number of aromatic carboxylic acids is 1. The van der Waals surface area contributed by atoms with Gasteiger partial charge in [0, 0.05) is 11.8 Å². The predicted molar refractivity (Wildman–Crippen MR) is 71.5 cm³/mol. The number of nitrogen functional groups attached to an aromatic ring is 1. The molecule has 1 aliphatic rings. The van der Waals surface area contributed by atoms with E-state index < -0.39 is 5.97 Å². The summed E-state index contributed by atoms with van der Waals surface area (Å²) in [5.74, 6) is -0.472. The van der Waals surface area contributed by atoms with Crippen LogP contribution in [-0.2, 0) is 4.74 Å². The first-order valence-corrected chi connectivity index (χ1v) is 6.31. The highest BCUT2D eigenvalue weighted by Gasteiger charge is 2.31. The van der Waals surface area contributed by atoms with Crippen molar-refractivity contribution in [3.63, 3.8) is 0 Å². The number of ether oxygens (including phenoxy) is 2. The first-order chi connectivity index (χ1) is 8.87. The molecule has 5 nitrogen and oxygen atoms in total. The van der Waals surface area contributed by atoms with E-state index in [9.17, 15) is 4.79 Å². The van der Waals surface area contributed by atoms with Crippen molar-refractivity contribution in [2.45, 2.75) is 38.4 Å². The highest BCUT2D eigenvalue weighted by atomic mass is 16.6. The summed E-state index contributed by atoms with van der Waals surface area (Å²) in [5, 5.41) is 8.88. The fraction of sp³-hybridized carbons (Fsp3) is 0.500. The van der Waals surface area contributed by atoms with E-state index in [-0.39, 0.29) is 23.0 Å². The molecule has 0 amide bonds. The molecule has 1 unspecified atom stereocenters. The lowest BCUT2D eigenvalue weighted by Gasteiger charge is -2.19. The minimum Gasteiger partial charge on any atom is -0.491 e. The van der Waals surface area contributed by atoms with Crippen molar-refractivity contribution in [2.75, 3.05) is 12.3 Å². The molecule has 1 aromatic carbocycles. The second-order valence-corrected chi connectivity index (χ2v) is 5.40. The maximum Gasteiger partial charge on any atom is 0.337 e. The molecule has 19 heavy (non-hydrogen) atoms. The van der Waals surface area contributed by atoms with Gasteiger partial charge in [-0.3, -0.25) is 0 Å². The molecule has 0 aliphatic carbocycles. The van der Waals surface area contributed by atoms with E-state index in [2.05, 4.69) is 13.8 Å². The predicted octanol–water partition coefficient (Wildman–Crippen LogP) is 2.30. The monoisotopic (exact) mass is 265 g/mol. The molecule has 0 aromatic heterocycles. The van der Waals surface area contributed by atoms with Gasteiger partial charge in [-0.1, -0.05) is 0 Å². The molecule has 1 saturated heterocycles. The number of carboxylic acid groups (broad SMARTS) is 1. The average molecular weight is 265 g/mol. The third-order valence-electron chi connectivity index (χ3n) is 3.24. The number of benzene rings is 1. The Bertz CT molecular complexity index is 484. The molecule has 5 heteroatoms. The Hall–Kier alpha value is -1.75. The smallest absolute Gasteiger partial charge is 0.337 e. The van der Waals surface area contributed by atoms with Gasteiger partial charge in [0.05, 0.1) is 17.3 Å². The average Bonchev–Trinajstić information content (AvgIpc) is 2.66. The topological polar surface area (TPSA) is 81.8 Å². The van der Waals surface area contributed by atoms with Crippen LogP contribution in [0.5, 0.6) is 5.75 Å². The Kier molecular flexibility index (Phi) is 3.66. The third kappa shape index (κ3) is 3.38. The summed E-state index contributed by atoms with van der Waals surface area (Å²) < 4.78 is 11.4. The number of anilines is 1. The first kappa shape index (κ1) is 13.7. The van der Waals surface area contributed by atoms with E-state index >= 15 is 0 Å². The maximum absolute atomic E-state index is 10.8. The zero-order chi connectivity index (χ0) is 14.0. The van der Waals surface area contributed by atoms with Crippen molar-refractivity contribution in [2.24, 2.45) is 0 Å². The first-order valence-electron chi connectivity index (χ1n) is 6.31. The quantitative estimate of drug-likeness (QED) is 0.816. The zero-order valence-electron chi connectivity index (χ0n) is 11.2. The van der Waals surface area contributed by atoms with Gasteiger partial charge in [-0.05, 0) is 38.8 Å². The Balaban J connectivity index is 1.94. The summed E-state index contributed by atoms with van der Waals surface area (Å²) in [5.41, 5.74) is 5.87. The molecule has 1 aliphatic heterocycles. The zero-order valence-corrected chi connectivity index (χ0v) is 11.2. The lowest BCUT2D eigenvalue weighted by atomic mass is 10.1. The SMILES string of the molecule is CC1(C)CCC(COc2ccc(C(=O)O)c(N)c2)O1. The van der Waals surface area contributed by atoms with E-state index in [1.54, 1.807) is 6.07 Å². The number of hydrogen-bond donors (Lipinski definition) is 2. The van der Waals surface area contributed by atoms with Crippen LogP contribution in [0.4, 0.5) is 5.69 Å². The van der Waals surface area contributed by atoms with Gasteiger partial charge in [-0.15, -0.1) is 0 Å². The number of rotatable bonds is 4. The normalized spacial score (nSPS) is 21.3. The van der Waals surface area contributed by atoms with Crippen molar-refractivity contribution in [1.29, 1.82) is 0 Å². The van der Waals surface area contributed by atoms with Crippen molar-refractivity contribution >= 4 is 11.7 Å². The fourth-order valence-electron chi connectivity index (χ4n) is 2.21. The molecule has 1 aromatic rings. The molecular weight excluding hydrogens is 246 g/mol. The second kappa shape index (κ2) is 5.09. The van der Waals surface area contributed by atoms with E-state index in [1.807, 2.05) is 0 Å². The Morgan fingerprint density at radius 1 is 1.58 bits per heavy atom. The highest BCUT2D eigenvalue weighted by molar-refractivity contribution is 5.93. The Morgan fingerprint density at radius 3 is 2.84 bits per heavy atom. The van der Waals surface area contributed by atoms with Gasteiger partial charge in [0.2, 0.25) is 0 Å². The van der Waals surface area contributed by atoms with E-state index in [4.69, 9.17) is 20.3 Å². The number of carbonyl (C=O) groups is 1. The van der Waals surface area contributed by atoms with Crippen LogP contribution in [0.3, 0.4) is 0 Å². The highest BCUT2D eigenvalue weighted by Crippen LogP contribution is 2.30.